The van der Waals surface area contributed by atoms with Gasteiger partial charge in [0.1, 0.15) is 0 Å². The first kappa shape index (κ1) is 15.2. The molecule has 2 rings (SSSR count). The standard InChI is InChI=1S/C13H18NO5P/c1-3-18-20(17,19-4-2)13(14(15)16)10-12(13)11-8-6-5-7-9-11/h5-9,12H,3-4,10H2,1-2H3. The van der Waals surface area contributed by atoms with Gasteiger partial charge in [-0.1, -0.05) is 30.3 Å². The smallest absolute Gasteiger partial charge is 0.304 e. The monoisotopic (exact) mass is 299 g/mol. The normalized spacial score (nSPS) is 25.4. The van der Waals surface area contributed by atoms with Crippen LogP contribution in [0.2, 0.25) is 0 Å². The molecule has 0 N–H and O–H groups in total. The highest BCUT2D eigenvalue weighted by Gasteiger charge is 2.79. The molecule has 2 atom stereocenters. The van der Waals surface area contributed by atoms with Crippen LogP contribution in [0.5, 0.6) is 0 Å². The molecule has 0 spiro atoms. The fourth-order valence-electron chi connectivity index (χ4n) is 2.52. The molecule has 1 fully saturated rings. The van der Waals surface area contributed by atoms with Crippen LogP contribution in [0.3, 0.4) is 0 Å². The third kappa shape index (κ3) is 2.28. The van der Waals surface area contributed by atoms with E-state index in [1.807, 2.05) is 18.2 Å². The maximum Gasteiger partial charge on any atom is 0.407 e. The van der Waals surface area contributed by atoms with Gasteiger partial charge in [-0.3, -0.25) is 14.7 Å². The highest BCUT2D eigenvalue weighted by atomic mass is 31.2. The van der Waals surface area contributed by atoms with Crippen molar-refractivity contribution in [3.05, 3.63) is 46.0 Å². The summed E-state index contributed by atoms with van der Waals surface area (Å²) in [6.45, 7) is 3.54. The van der Waals surface area contributed by atoms with Crippen LogP contribution in [-0.4, -0.2) is 23.4 Å². The Hall–Kier alpha value is -1.23. The third-order valence-corrected chi connectivity index (χ3v) is 6.30. The Morgan fingerprint density at radius 1 is 1.30 bits per heavy atom. The summed E-state index contributed by atoms with van der Waals surface area (Å²) in [5.41, 5.74) is 0.795. The van der Waals surface area contributed by atoms with Crippen LogP contribution in [0.1, 0.15) is 31.7 Å². The predicted octanol–water partition coefficient (Wildman–Crippen LogP) is 3.41. The van der Waals surface area contributed by atoms with E-state index >= 15 is 0 Å². The van der Waals surface area contributed by atoms with E-state index in [4.69, 9.17) is 9.05 Å². The van der Waals surface area contributed by atoms with Gasteiger partial charge in [-0.2, -0.15) is 0 Å². The van der Waals surface area contributed by atoms with Crippen LogP contribution in [0.15, 0.2) is 30.3 Å². The van der Waals surface area contributed by atoms with Gasteiger partial charge in [0.05, 0.1) is 19.1 Å². The molecule has 1 aliphatic rings. The molecule has 1 saturated carbocycles. The van der Waals surface area contributed by atoms with Gasteiger partial charge in [-0.25, -0.2) is 0 Å². The molecule has 0 saturated heterocycles. The van der Waals surface area contributed by atoms with E-state index in [0.29, 0.717) is 0 Å². The molecule has 0 aliphatic heterocycles. The summed E-state index contributed by atoms with van der Waals surface area (Å²) in [5, 5.41) is 9.90. The molecule has 1 aromatic carbocycles. The van der Waals surface area contributed by atoms with Crippen LogP contribution in [-0.2, 0) is 13.6 Å². The summed E-state index contributed by atoms with van der Waals surface area (Å²) in [7, 11) is -3.79. The Balaban J connectivity index is 2.38. The molecular weight excluding hydrogens is 281 g/mol. The summed E-state index contributed by atoms with van der Waals surface area (Å²) in [4.78, 5) is 11.0. The number of benzene rings is 1. The van der Waals surface area contributed by atoms with E-state index in [0.717, 1.165) is 5.56 Å². The summed E-state index contributed by atoms with van der Waals surface area (Å²) in [6.07, 6.45) is 0.182. The average Bonchev–Trinajstić information content (AvgIpc) is 3.17. The van der Waals surface area contributed by atoms with E-state index in [2.05, 4.69) is 0 Å². The van der Waals surface area contributed by atoms with Crippen molar-refractivity contribution in [2.45, 2.75) is 31.5 Å². The quantitative estimate of drug-likeness (QED) is 0.438. The Morgan fingerprint density at radius 3 is 2.30 bits per heavy atom. The lowest BCUT2D eigenvalue weighted by molar-refractivity contribution is -0.517. The van der Waals surface area contributed by atoms with E-state index in [1.54, 1.807) is 26.0 Å². The zero-order valence-electron chi connectivity index (χ0n) is 11.5. The molecule has 6 nitrogen and oxygen atoms in total. The largest absolute Gasteiger partial charge is 0.407 e. The molecule has 0 amide bonds. The maximum absolute atomic E-state index is 12.8. The lowest BCUT2D eigenvalue weighted by Gasteiger charge is -2.21. The fraction of sp³-hybridized carbons (Fsp3) is 0.538. The Morgan fingerprint density at radius 2 is 1.85 bits per heavy atom. The predicted molar refractivity (Wildman–Crippen MR) is 74.4 cm³/mol. The number of nitro groups is 1. The molecule has 0 aromatic heterocycles. The Labute approximate surface area is 117 Å². The average molecular weight is 299 g/mol. The van der Waals surface area contributed by atoms with Crippen molar-refractivity contribution in [1.82, 2.24) is 0 Å². The van der Waals surface area contributed by atoms with E-state index in [9.17, 15) is 14.7 Å². The number of nitrogens with zero attached hydrogens (tertiary/aromatic N) is 1. The second kappa shape index (κ2) is 5.64. The second-order valence-electron chi connectivity index (χ2n) is 4.64. The van der Waals surface area contributed by atoms with E-state index < -0.39 is 23.7 Å². The van der Waals surface area contributed by atoms with Crippen molar-refractivity contribution in [2.75, 3.05) is 13.2 Å². The van der Waals surface area contributed by atoms with Crippen molar-refractivity contribution in [1.29, 1.82) is 0 Å². The molecule has 7 heteroatoms. The zero-order chi connectivity index (χ0) is 14.8. The molecule has 0 radical (unpaired) electrons. The summed E-state index contributed by atoms with van der Waals surface area (Å²) in [5.74, 6) is -0.428. The number of rotatable bonds is 7. The van der Waals surface area contributed by atoms with Crippen molar-refractivity contribution in [2.24, 2.45) is 0 Å². The topological polar surface area (TPSA) is 78.7 Å². The van der Waals surface area contributed by atoms with Gasteiger partial charge in [0.2, 0.25) is 0 Å². The molecule has 20 heavy (non-hydrogen) atoms. The SMILES string of the molecule is CCOP(=O)(OCC)C1([N+](=O)[O-])CC1c1ccccc1. The number of hydrogen-bond acceptors (Lipinski definition) is 5. The van der Waals surface area contributed by atoms with Gasteiger partial charge in [-0.15, -0.1) is 0 Å². The van der Waals surface area contributed by atoms with Crippen molar-refractivity contribution >= 4 is 7.60 Å². The van der Waals surface area contributed by atoms with Gasteiger partial charge in [0, 0.05) is 11.3 Å². The lowest BCUT2D eigenvalue weighted by atomic mass is 10.1. The molecular formula is C13H18NO5P. The minimum absolute atomic E-state index is 0.119. The molecule has 2 unspecified atom stereocenters. The van der Waals surface area contributed by atoms with Gasteiger partial charge in [-0.05, 0) is 19.4 Å². The molecule has 1 aliphatic carbocycles. The molecule has 0 heterocycles. The number of hydrogen-bond donors (Lipinski definition) is 0. The summed E-state index contributed by atoms with van der Waals surface area (Å²) in [6, 6.07) is 9.07. The first-order chi connectivity index (χ1) is 9.52. The van der Waals surface area contributed by atoms with E-state index in [1.165, 1.54) is 0 Å². The maximum atomic E-state index is 12.8. The van der Waals surface area contributed by atoms with Gasteiger partial charge in [0.25, 0.3) is 0 Å². The zero-order valence-corrected chi connectivity index (χ0v) is 12.4. The van der Waals surface area contributed by atoms with Crippen LogP contribution in [0.4, 0.5) is 0 Å². The minimum atomic E-state index is -3.79. The van der Waals surface area contributed by atoms with Crippen LogP contribution < -0.4 is 0 Å². The Kier molecular flexibility index (Phi) is 4.28. The fourth-order valence-corrected chi connectivity index (χ4v) is 4.86. The molecule has 0 bridgehead atoms. The van der Waals surface area contributed by atoms with Gasteiger partial charge >= 0.3 is 12.9 Å². The van der Waals surface area contributed by atoms with Gasteiger partial charge < -0.3 is 9.05 Å². The van der Waals surface area contributed by atoms with Gasteiger partial charge in [0.15, 0.2) is 0 Å². The Bertz CT molecular complexity index is 525. The van der Waals surface area contributed by atoms with Crippen molar-refractivity contribution in [3.8, 4) is 0 Å². The van der Waals surface area contributed by atoms with Crippen LogP contribution in [0.25, 0.3) is 0 Å². The first-order valence-electron chi connectivity index (χ1n) is 6.60. The molecule has 110 valence electrons. The van der Waals surface area contributed by atoms with Crippen molar-refractivity contribution in [3.63, 3.8) is 0 Å². The lowest BCUT2D eigenvalue weighted by Crippen LogP contribution is -2.26. The molecule has 1 aromatic rings. The van der Waals surface area contributed by atoms with Crippen molar-refractivity contribution < 1.29 is 18.5 Å². The minimum Gasteiger partial charge on any atom is -0.304 e. The van der Waals surface area contributed by atoms with Crippen LogP contribution >= 0.6 is 7.60 Å². The highest BCUT2D eigenvalue weighted by molar-refractivity contribution is 7.55. The van der Waals surface area contributed by atoms with Crippen LogP contribution in [0, 0.1) is 10.1 Å². The van der Waals surface area contributed by atoms with E-state index in [-0.39, 0.29) is 19.6 Å². The third-order valence-electron chi connectivity index (χ3n) is 3.49. The summed E-state index contributed by atoms with van der Waals surface area (Å²) < 4.78 is 23.2. The second-order valence-corrected chi connectivity index (χ2v) is 6.92. The summed E-state index contributed by atoms with van der Waals surface area (Å²) >= 11 is 0. The highest BCUT2D eigenvalue weighted by Crippen LogP contribution is 2.77. The first-order valence-corrected chi connectivity index (χ1v) is 8.14.